The molecule has 130 valence electrons. The number of halogens is 2. The van der Waals surface area contributed by atoms with Crippen molar-refractivity contribution in [2.45, 2.75) is 26.9 Å². The molecule has 25 heavy (non-hydrogen) atoms. The monoisotopic (exact) mass is 377 g/mol. The third-order valence-corrected chi connectivity index (χ3v) is 4.69. The van der Waals surface area contributed by atoms with Gasteiger partial charge in [-0.3, -0.25) is 5.32 Å². The number of fused-ring (bicyclic) bond motifs is 1. The van der Waals surface area contributed by atoms with Crippen molar-refractivity contribution in [2.75, 3.05) is 5.32 Å². The lowest BCUT2D eigenvalue weighted by Crippen LogP contribution is -2.16. The van der Waals surface area contributed by atoms with Crippen LogP contribution in [-0.2, 0) is 4.74 Å². The molecule has 0 aliphatic rings. The quantitative estimate of drug-likeness (QED) is 0.606. The highest BCUT2D eigenvalue weighted by atomic mass is 35.5. The first-order valence-electron chi connectivity index (χ1n) is 7.73. The average molecular weight is 378 g/mol. The van der Waals surface area contributed by atoms with Crippen molar-refractivity contribution in [1.82, 2.24) is 9.97 Å². The number of nitrogens with one attached hydrogen (secondary N) is 2. The molecular formula is C18H17Cl2N3O2. The van der Waals surface area contributed by atoms with E-state index in [4.69, 9.17) is 27.9 Å². The Morgan fingerprint density at radius 1 is 1.16 bits per heavy atom. The molecule has 0 saturated carbocycles. The zero-order chi connectivity index (χ0) is 18.1. The van der Waals surface area contributed by atoms with Crippen molar-refractivity contribution in [1.29, 1.82) is 0 Å². The first-order chi connectivity index (χ1) is 11.8. The number of benzene rings is 2. The molecule has 0 fully saturated rings. The van der Waals surface area contributed by atoms with E-state index in [1.165, 1.54) is 5.56 Å². The SMILES string of the molecule is Cc1cc2nc([C@H](C)OC(=O)Nc3ccc(Cl)c(Cl)c3)[nH]c2cc1C. The first-order valence-corrected chi connectivity index (χ1v) is 8.48. The van der Waals surface area contributed by atoms with Gasteiger partial charge in [0.15, 0.2) is 6.10 Å². The first kappa shape index (κ1) is 17.6. The third kappa shape index (κ3) is 3.89. The number of aromatic amines is 1. The fourth-order valence-electron chi connectivity index (χ4n) is 2.42. The van der Waals surface area contributed by atoms with Crippen LogP contribution in [0.25, 0.3) is 11.0 Å². The summed E-state index contributed by atoms with van der Waals surface area (Å²) in [6.07, 6.45) is -1.13. The van der Waals surface area contributed by atoms with Gasteiger partial charge in [0.25, 0.3) is 0 Å². The van der Waals surface area contributed by atoms with Gasteiger partial charge in [-0.1, -0.05) is 23.2 Å². The predicted molar refractivity (Wildman–Crippen MR) is 101 cm³/mol. The summed E-state index contributed by atoms with van der Waals surface area (Å²) in [6.45, 7) is 5.83. The number of nitrogens with zero attached hydrogens (tertiary/aromatic N) is 1. The Kier molecular flexibility index (Phi) is 4.88. The second-order valence-corrected chi connectivity index (χ2v) is 6.69. The molecule has 0 spiro atoms. The lowest BCUT2D eigenvalue weighted by atomic mass is 10.1. The molecule has 3 rings (SSSR count). The molecule has 1 aromatic heterocycles. The highest BCUT2D eigenvalue weighted by Gasteiger charge is 2.16. The number of hydrogen-bond acceptors (Lipinski definition) is 3. The molecule has 0 aliphatic carbocycles. The minimum absolute atomic E-state index is 0.357. The van der Waals surface area contributed by atoms with Gasteiger partial charge in [-0.25, -0.2) is 9.78 Å². The zero-order valence-corrected chi connectivity index (χ0v) is 15.5. The number of carbonyl (C=O) groups is 1. The second-order valence-electron chi connectivity index (χ2n) is 5.88. The Morgan fingerprint density at radius 3 is 2.60 bits per heavy atom. The number of hydrogen-bond donors (Lipinski definition) is 2. The van der Waals surface area contributed by atoms with Crippen LogP contribution in [0.4, 0.5) is 10.5 Å². The Morgan fingerprint density at radius 2 is 1.88 bits per heavy atom. The molecule has 3 aromatic rings. The lowest BCUT2D eigenvalue weighted by Gasteiger charge is -2.12. The second kappa shape index (κ2) is 6.94. The predicted octanol–water partition coefficient (Wildman–Crippen LogP) is 5.80. The van der Waals surface area contributed by atoms with E-state index in [0.717, 1.165) is 16.6 Å². The van der Waals surface area contributed by atoms with E-state index >= 15 is 0 Å². The number of rotatable bonds is 3. The molecule has 2 N–H and O–H groups in total. The summed E-state index contributed by atoms with van der Waals surface area (Å²) < 4.78 is 5.38. The van der Waals surface area contributed by atoms with Crippen LogP contribution in [0, 0.1) is 13.8 Å². The summed E-state index contributed by atoms with van der Waals surface area (Å²) in [5.74, 6) is 0.587. The van der Waals surface area contributed by atoms with Crippen LogP contribution in [-0.4, -0.2) is 16.1 Å². The third-order valence-electron chi connectivity index (χ3n) is 3.95. The van der Waals surface area contributed by atoms with Gasteiger partial charge in [0.1, 0.15) is 5.82 Å². The normalized spacial score (nSPS) is 12.2. The van der Waals surface area contributed by atoms with Crippen molar-refractivity contribution in [3.05, 3.63) is 57.3 Å². The molecule has 7 heteroatoms. The van der Waals surface area contributed by atoms with Crippen LogP contribution >= 0.6 is 23.2 Å². The van der Waals surface area contributed by atoms with Crippen LogP contribution in [0.2, 0.25) is 10.0 Å². The number of carbonyl (C=O) groups excluding carboxylic acids is 1. The number of ether oxygens (including phenoxy) is 1. The zero-order valence-electron chi connectivity index (χ0n) is 14.0. The van der Waals surface area contributed by atoms with E-state index in [9.17, 15) is 4.79 Å². The number of aromatic nitrogens is 2. The highest BCUT2D eigenvalue weighted by molar-refractivity contribution is 6.42. The molecule has 5 nitrogen and oxygen atoms in total. The summed E-state index contributed by atoms with van der Waals surface area (Å²) in [5.41, 5.74) is 4.60. The number of aryl methyl sites for hydroxylation is 2. The van der Waals surface area contributed by atoms with Crippen molar-refractivity contribution in [3.63, 3.8) is 0 Å². The van der Waals surface area contributed by atoms with E-state index in [2.05, 4.69) is 15.3 Å². The summed E-state index contributed by atoms with van der Waals surface area (Å²) in [6, 6.07) is 8.85. The van der Waals surface area contributed by atoms with Crippen LogP contribution < -0.4 is 5.32 Å². The maximum absolute atomic E-state index is 12.1. The van der Waals surface area contributed by atoms with Gasteiger partial charge in [-0.15, -0.1) is 0 Å². The molecule has 1 amide bonds. The molecule has 0 bridgehead atoms. The summed E-state index contributed by atoms with van der Waals surface area (Å²) >= 11 is 11.8. The van der Waals surface area contributed by atoms with Crippen LogP contribution in [0.15, 0.2) is 30.3 Å². The Labute approximate surface area is 155 Å². The Balaban J connectivity index is 1.71. The van der Waals surface area contributed by atoms with Crippen molar-refractivity contribution in [2.24, 2.45) is 0 Å². The molecule has 0 unspecified atom stereocenters. The lowest BCUT2D eigenvalue weighted by molar-refractivity contribution is 0.117. The standard InChI is InChI=1S/C18H17Cl2N3O2/c1-9-6-15-16(7-10(9)2)23-17(22-15)11(3)25-18(24)21-12-4-5-13(19)14(20)8-12/h4-8,11H,1-3H3,(H,21,24)(H,22,23)/t11-/m0/s1. The Hall–Kier alpha value is -2.24. The minimum Gasteiger partial charge on any atom is -0.438 e. The number of imidazole rings is 1. The van der Waals surface area contributed by atoms with Gasteiger partial charge in [-0.05, 0) is 62.2 Å². The summed E-state index contributed by atoms with van der Waals surface area (Å²) in [7, 11) is 0. The van der Waals surface area contributed by atoms with Gasteiger partial charge >= 0.3 is 6.09 Å². The maximum Gasteiger partial charge on any atom is 0.412 e. The van der Waals surface area contributed by atoms with Crippen LogP contribution in [0.1, 0.15) is 30.0 Å². The molecule has 1 atom stereocenters. The molecule has 0 aliphatic heterocycles. The van der Waals surface area contributed by atoms with Gasteiger partial charge in [0.2, 0.25) is 0 Å². The van der Waals surface area contributed by atoms with Crippen LogP contribution in [0.5, 0.6) is 0 Å². The number of anilines is 1. The van der Waals surface area contributed by atoms with Crippen LogP contribution in [0.3, 0.4) is 0 Å². The van der Waals surface area contributed by atoms with E-state index in [1.807, 2.05) is 26.0 Å². The summed E-state index contributed by atoms with van der Waals surface area (Å²) in [4.78, 5) is 19.8. The Bertz CT molecular complexity index is 914. The van der Waals surface area contributed by atoms with E-state index in [0.29, 0.717) is 21.6 Å². The van der Waals surface area contributed by atoms with Crippen molar-refractivity contribution < 1.29 is 9.53 Å². The fraction of sp³-hybridized carbons (Fsp3) is 0.222. The molecular weight excluding hydrogens is 361 g/mol. The van der Waals surface area contributed by atoms with Gasteiger partial charge in [0, 0.05) is 5.69 Å². The molecule has 2 aromatic carbocycles. The topological polar surface area (TPSA) is 67.0 Å². The van der Waals surface area contributed by atoms with E-state index in [1.54, 1.807) is 25.1 Å². The van der Waals surface area contributed by atoms with Crippen molar-refractivity contribution in [3.8, 4) is 0 Å². The molecule has 0 radical (unpaired) electrons. The maximum atomic E-state index is 12.1. The van der Waals surface area contributed by atoms with Crippen molar-refractivity contribution >= 4 is 46.0 Å². The van der Waals surface area contributed by atoms with Gasteiger partial charge in [0.05, 0.1) is 21.1 Å². The average Bonchev–Trinajstić information content (AvgIpc) is 2.94. The smallest absolute Gasteiger partial charge is 0.412 e. The minimum atomic E-state index is -0.598. The largest absolute Gasteiger partial charge is 0.438 e. The molecule has 0 saturated heterocycles. The number of amides is 1. The van der Waals surface area contributed by atoms with Gasteiger partial charge < -0.3 is 9.72 Å². The van der Waals surface area contributed by atoms with Gasteiger partial charge in [-0.2, -0.15) is 0 Å². The van der Waals surface area contributed by atoms with E-state index < -0.39 is 12.2 Å². The summed E-state index contributed by atoms with van der Waals surface area (Å²) in [5, 5.41) is 3.39. The fourth-order valence-corrected chi connectivity index (χ4v) is 2.72. The van der Waals surface area contributed by atoms with E-state index in [-0.39, 0.29) is 0 Å². The highest BCUT2D eigenvalue weighted by Crippen LogP contribution is 2.26. The number of H-pyrrole nitrogens is 1. The molecule has 1 heterocycles.